The summed E-state index contributed by atoms with van der Waals surface area (Å²) < 4.78 is 0. The number of anilines is 1. The number of nitrogens with zero attached hydrogens (tertiary/aromatic N) is 1. The summed E-state index contributed by atoms with van der Waals surface area (Å²) in [5.41, 5.74) is 3.71. The first-order valence-electron chi connectivity index (χ1n) is 6.15. The predicted octanol–water partition coefficient (Wildman–Crippen LogP) is 3.41. The lowest BCUT2D eigenvalue weighted by Crippen LogP contribution is -2.37. The third-order valence-corrected chi connectivity index (χ3v) is 3.24. The van der Waals surface area contributed by atoms with E-state index in [1.165, 1.54) is 23.2 Å². The zero-order chi connectivity index (χ0) is 12.8. The molecule has 1 aromatic carbocycles. The summed E-state index contributed by atoms with van der Waals surface area (Å²) >= 11 is 5.38. The zero-order valence-electron chi connectivity index (χ0n) is 11.2. The molecule has 2 nitrogen and oxygen atoms in total. The number of thiocarbonyl (C=S) groups is 1. The Labute approximate surface area is 110 Å². The Balaban J connectivity index is 2.68. The first kappa shape index (κ1) is 14.0. The van der Waals surface area contributed by atoms with Crippen LogP contribution in [-0.4, -0.2) is 18.7 Å². The van der Waals surface area contributed by atoms with Crippen LogP contribution in [0.25, 0.3) is 0 Å². The molecule has 17 heavy (non-hydrogen) atoms. The molecule has 3 heteroatoms. The largest absolute Gasteiger partial charge is 0.362 e. The Bertz CT molecular complexity index is 388. The Morgan fingerprint density at radius 1 is 1.35 bits per heavy atom. The van der Waals surface area contributed by atoms with E-state index in [9.17, 15) is 0 Å². The second-order valence-corrected chi connectivity index (χ2v) is 4.82. The van der Waals surface area contributed by atoms with E-state index in [1.807, 2.05) is 11.9 Å². The van der Waals surface area contributed by atoms with E-state index in [1.54, 1.807) is 0 Å². The summed E-state index contributed by atoms with van der Waals surface area (Å²) in [6.07, 6.45) is 2.34. The fraction of sp³-hybridized carbons (Fsp3) is 0.500. The molecule has 0 radical (unpaired) electrons. The SMILES string of the molecule is CCCCNC(=S)N(C)c1ccc(C)cc1C. The summed E-state index contributed by atoms with van der Waals surface area (Å²) in [6.45, 7) is 7.35. The van der Waals surface area contributed by atoms with Gasteiger partial charge in [0, 0.05) is 19.3 Å². The van der Waals surface area contributed by atoms with Crippen molar-refractivity contribution in [2.45, 2.75) is 33.6 Å². The van der Waals surface area contributed by atoms with Crippen molar-refractivity contribution in [3.05, 3.63) is 29.3 Å². The van der Waals surface area contributed by atoms with Gasteiger partial charge >= 0.3 is 0 Å². The molecular formula is C14H22N2S. The maximum absolute atomic E-state index is 5.38. The van der Waals surface area contributed by atoms with E-state index < -0.39 is 0 Å². The Morgan fingerprint density at radius 2 is 2.06 bits per heavy atom. The van der Waals surface area contributed by atoms with E-state index in [-0.39, 0.29) is 0 Å². The molecule has 94 valence electrons. The molecule has 1 rings (SSSR count). The van der Waals surface area contributed by atoms with Crippen LogP contribution in [0.3, 0.4) is 0 Å². The maximum atomic E-state index is 5.38. The lowest BCUT2D eigenvalue weighted by Gasteiger charge is -2.23. The van der Waals surface area contributed by atoms with E-state index in [0.29, 0.717) is 0 Å². The van der Waals surface area contributed by atoms with Crippen LogP contribution in [0.5, 0.6) is 0 Å². The van der Waals surface area contributed by atoms with Gasteiger partial charge in [0.1, 0.15) is 0 Å². The van der Waals surface area contributed by atoms with Crippen molar-refractivity contribution in [1.82, 2.24) is 5.32 Å². The van der Waals surface area contributed by atoms with Gasteiger partial charge in [-0.05, 0) is 44.1 Å². The molecule has 0 aliphatic carbocycles. The van der Waals surface area contributed by atoms with Gasteiger partial charge in [-0.1, -0.05) is 31.0 Å². The van der Waals surface area contributed by atoms with Gasteiger partial charge in [-0.2, -0.15) is 0 Å². The molecular weight excluding hydrogens is 228 g/mol. The average Bonchev–Trinajstić information content (AvgIpc) is 2.28. The molecule has 0 spiro atoms. The van der Waals surface area contributed by atoms with Crippen molar-refractivity contribution in [3.63, 3.8) is 0 Å². The van der Waals surface area contributed by atoms with Crippen LogP contribution in [0.2, 0.25) is 0 Å². The highest BCUT2D eigenvalue weighted by atomic mass is 32.1. The second-order valence-electron chi connectivity index (χ2n) is 4.43. The highest BCUT2D eigenvalue weighted by molar-refractivity contribution is 7.80. The summed E-state index contributed by atoms with van der Waals surface area (Å²) in [5.74, 6) is 0. The molecule has 0 amide bonds. The van der Waals surface area contributed by atoms with Crippen molar-refractivity contribution < 1.29 is 0 Å². The summed E-state index contributed by atoms with van der Waals surface area (Å²) in [6, 6.07) is 6.42. The van der Waals surface area contributed by atoms with Gasteiger partial charge in [0.05, 0.1) is 0 Å². The number of nitrogens with one attached hydrogen (secondary N) is 1. The Kier molecular flexibility index (Phi) is 5.42. The summed E-state index contributed by atoms with van der Waals surface area (Å²) in [7, 11) is 2.01. The van der Waals surface area contributed by atoms with Gasteiger partial charge in [0.25, 0.3) is 0 Å². The normalized spacial score (nSPS) is 10.1. The molecule has 0 saturated heterocycles. The molecule has 0 aliphatic rings. The predicted molar refractivity (Wildman–Crippen MR) is 79.8 cm³/mol. The van der Waals surface area contributed by atoms with Gasteiger partial charge in [0.2, 0.25) is 0 Å². The Morgan fingerprint density at radius 3 is 2.65 bits per heavy atom. The molecule has 0 saturated carbocycles. The molecule has 0 unspecified atom stereocenters. The van der Waals surface area contributed by atoms with Crippen LogP contribution in [0.15, 0.2) is 18.2 Å². The second kappa shape index (κ2) is 6.60. The number of unbranched alkanes of at least 4 members (excludes halogenated alkanes) is 1. The third kappa shape index (κ3) is 4.00. The topological polar surface area (TPSA) is 15.3 Å². The number of hydrogen-bond donors (Lipinski definition) is 1. The third-order valence-electron chi connectivity index (χ3n) is 2.82. The number of aryl methyl sites for hydroxylation is 2. The zero-order valence-corrected chi connectivity index (χ0v) is 12.0. The highest BCUT2D eigenvalue weighted by Gasteiger charge is 2.08. The van der Waals surface area contributed by atoms with Crippen LogP contribution in [0.1, 0.15) is 30.9 Å². The molecule has 0 heterocycles. The van der Waals surface area contributed by atoms with E-state index in [4.69, 9.17) is 12.2 Å². The van der Waals surface area contributed by atoms with Gasteiger partial charge < -0.3 is 10.2 Å². The minimum absolute atomic E-state index is 0.797. The van der Waals surface area contributed by atoms with Crippen LogP contribution < -0.4 is 10.2 Å². The van der Waals surface area contributed by atoms with Crippen LogP contribution in [0.4, 0.5) is 5.69 Å². The molecule has 0 fully saturated rings. The molecule has 1 aromatic rings. The lowest BCUT2D eigenvalue weighted by molar-refractivity contribution is 0.753. The number of hydrogen-bond acceptors (Lipinski definition) is 1. The van der Waals surface area contributed by atoms with E-state index >= 15 is 0 Å². The van der Waals surface area contributed by atoms with Crippen molar-refractivity contribution in [2.75, 3.05) is 18.5 Å². The van der Waals surface area contributed by atoms with Crippen LogP contribution in [-0.2, 0) is 0 Å². The highest BCUT2D eigenvalue weighted by Crippen LogP contribution is 2.19. The van der Waals surface area contributed by atoms with E-state index in [0.717, 1.165) is 18.1 Å². The van der Waals surface area contributed by atoms with Crippen molar-refractivity contribution in [3.8, 4) is 0 Å². The van der Waals surface area contributed by atoms with Crippen molar-refractivity contribution in [1.29, 1.82) is 0 Å². The molecule has 1 N–H and O–H groups in total. The van der Waals surface area contributed by atoms with Crippen molar-refractivity contribution >= 4 is 23.0 Å². The molecule has 0 bridgehead atoms. The minimum atomic E-state index is 0.797. The maximum Gasteiger partial charge on any atom is 0.173 e. The first-order chi connectivity index (χ1) is 8.06. The van der Waals surface area contributed by atoms with Gasteiger partial charge in [-0.25, -0.2) is 0 Å². The van der Waals surface area contributed by atoms with E-state index in [2.05, 4.69) is 44.3 Å². The van der Waals surface area contributed by atoms with Gasteiger partial charge in [0.15, 0.2) is 5.11 Å². The van der Waals surface area contributed by atoms with Crippen LogP contribution >= 0.6 is 12.2 Å². The fourth-order valence-electron chi connectivity index (χ4n) is 1.78. The summed E-state index contributed by atoms with van der Waals surface area (Å²) in [4.78, 5) is 2.04. The van der Waals surface area contributed by atoms with Crippen molar-refractivity contribution in [2.24, 2.45) is 0 Å². The number of benzene rings is 1. The minimum Gasteiger partial charge on any atom is -0.362 e. The Hall–Kier alpha value is -1.09. The molecule has 0 aromatic heterocycles. The fourth-order valence-corrected chi connectivity index (χ4v) is 1.98. The summed E-state index contributed by atoms with van der Waals surface area (Å²) in [5, 5.41) is 4.08. The lowest BCUT2D eigenvalue weighted by atomic mass is 10.1. The first-order valence-corrected chi connectivity index (χ1v) is 6.56. The van der Waals surface area contributed by atoms with Gasteiger partial charge in [-0.3, -0.25) is 0 Å². The smallest absolute Gasteiger partial charge is 0.173 e. The van der Waals surface area contributed by atoms with Crippen LogP contribution in [0, 0.1) is 13.8 Å². The number of rotatable bonds is 4. The average molecular weight is 250 g/mol. The quantitative estimate of drug-likeness (QED) is 0.651. The molecule has 0 atom stereocenters. The van der Waals surface area contributed by atoms with Gasteiger partial charge in [-0.15, -0.1) is 0 Å². The standard InChI is InChI=1S/C14H22N2S/c1-5-6-9-15-14(17)16(4)13-8-7-11(2)10-12(13)3/h7-8,10H,5-6,9H2,1-4H3,(H,15,17). The monoisotopic (exact) mass is 250 g/mol. The molecule has 0 aliphatic heterocycles.